The Morgan fingerprint density at radius 2 is 1.69 bits per heavy atom. The summed E-state index contributed by atoms with van der Waals surface area (Å²) in [5, 5.41) is 16.7. The standard InChI is InChI=1S/C38H60N2O8/c1-8-9-10-11-12-13-14-15-16-26-17-19-27(20-18-26)36(44)46-28-21-22-29(34(42)39-25-28)40-35(43)33(45-7)32-31(41)30(23-24-37(2,3)4)47-38(5,6)48-32/h17-20,23-24,28-33,41H,8-16,21-22,25H2,1-7H3,(H,39,42)(H,40,43)/b24-23+/t28-,29+,30-,31+,32-,33-/m1/s1. The number of benzene rings is 1. The summed E-state index contributed by atoms with van der Waals surface area (Å²) in [4.78, 5) is 39.3. The van der Waals surface area contributed by atoms with E-state index in [4.69, 9.17) is 18.9 Å². The molecule has 1 aromatic carbocycles. The molecule has 3 N–H and O–H groups in total. The van der Waals surface area contributed by atoms with Crippen molar-refractivity contribution >= 4 is 17.8 Å². The molecule has 2 aliphatic heterocycles. The van der Waals surface area contributed by atoms with E-state index >= 15 is 0 Å². The fourth-order valence-electron chi connectivity index (χ4n) is 6.08. The second kappa shape index (κ2) is 18.8. The number of nitrogens with one attached hydrogen (secondary N) is 2. The van der Waals surface area contributed by atoms with Crippen LogP contribution in [0.3, 0.4) is 0 Å². The van der Waals surface area contributed by atoms with Gasteiger partial charge in [-0.25, -0.2) is 4.79 Å². The SMILES string of the molecule is CCCCCCCCCCc1ccc(C(=O)O[C@@H]2CC[C@H](NC(=O)[C@H](OC)[C@@H]3OC(C)(C)O[C@H](/C=C/C(C)(C)C)[C@@H]3O)C(=O)NC2)cc1. The number of allylic oxidation sites excluding steroid dienone is 1. The van der Waals surface area contributed by atoms with Gasteiger partial charge < -0.3 is 34.7 Å². The lowest BCUT2D eigenvalue weighted by Crippen LogP contribution is -2.62. The van der Waals surface area contributed by atoms with Crippen molar-refractivity contribution in [3.8, 4) is 0 Å². The first-order valence-corrected chi connectivity index (χ1v) is 17.9. The van der Waals surface area contributed by atoms with E-state index in [0.29, 0.717) is 12.0 Å². The monoisotopic (exact) mass is 672 g/mol. The lowest BCUT2D eigenvalue weighted by atomic mass is 9.93. The number of carbonyl (C=O) groups excluding carboxylic acids is 3. The molecule has 2 fully saturated rings. The third-order valence-corrected chi connectivity index (χ3v) is 8.81. The highest BCUT2D eigenvalue weighted by Crippen LogP contribution is 2.31. The number of aryl methyl sites for hydroxylation is 1. The van der Waals surface area contributed by atoms with Gasteiger partial charge in [0.05, 0.1) is 12.1 Å². The molecular formula is C38H60N2O8. The summed E-state index contributed by atoms with van der Waals surface area (Å²) in [7, 11) is 1.36. The fraction of sp³-hybridized carbons (Fsp3) is 0.711. The Kier molecular flexibility index (Phi) is 15.6. The van der Waals surface area contributed by atoms with Gasteiger partial charge in [0.1, 0.15) is 30.5 Å². The Morgan fingerprint density at radius 1 is 1.04 bits per heavy atom. The Hall–Kier alpha value is -2.79. The predicted molar refractivity (Wildman–Crippen MR) is 185 cm³/mol. The molecule has 10 heteroatoms. The summed E-state index contributed by atoms with van der Waals surface area (Å²) in [6, 6.07) is 6.67. The van der Waals surface area contributed by atoms with Crippen molar-refractivity contribution in [3.63, 3.8) is 0 Å². The molecule has 0 aromatic heterocycles. The van der Waals surface area contributed by atoms with Crippen molar-refractivity contribution in [1.29, 1.82) is 0 Å². The number of hydrogen-bond acceptors (Lipinski definition) is 8. The van der Waals surface area contributed by atoms with Gasteiger partial charge >= 0.3 is 5.97 Å². The van der Waals surface area contributed by atoms with Crippen LogP contribution in [0.5, 0.6) is 0 Å². The van der Waals surface area contributed by atoms with Crippen LogP contribution < -0.4 is 10.6 Å². The Bertz CT molecular complexity index is 1190. The van der Waals surface area contributed by atoms with Crippen LogP contribution in [0.15, 0.2) is 36.4 Å². The summed E-state index contributed by atoms with van der Waals surface area (Å²) in [6.07, 6.45) is 10.8. The maximum Gasteiger partial charge on any atom is 0.338 e. The van der Waals surface area contributed by atoms with Crippen molar-refractivity contribution < 1.29 is 38.4 Å². The highest BCUT2D eigenvalue weighted by Gasteiger charge is 2.48. The van der Waals surface area contributed by atoms with E-state index in [1.165, 1.54) is 57.6 Å². The number of rotatable bonds is 16. The highest BCUT2D eigenvalue weighted by atomic mass is 16.7. The van der Waals surface area contributed by atoms with Crippen LogP contribution in [0, 0.1) is 5.41 Å². The Balaban J connectivity index is 1.50. The number of aliphatic hydroxyl groups is 1. The largest absolute Gasteiger partial charge is 0.457 e. The normalized spacial score (nSPS) is 25.2. The number of carbonyl (C=O) groups is 3. The molecule has 10 nitrogen and oxygen atoms in total. The van der Waals surface area contributed by atoms with E-state index in [2.05, 4.69) is 17.6 Å². The number of esters is 1. The zero-order valence-electron chi connectivity index (χ0n) is 30.2. The topological polar surface area (TPSA) is 132 Å². The molecule has 0 spiro atoms. The van der Waals surface area contributed by atoms with E-state index in [-0.39, 0.29) is 24.3 Å². The number of aliphatic hydroxyl groups excluding tert-OH is 1. The molecule has 0 saturated carbocycles. The van der Waals surface area contributed by atoms with Crippen LogP contribution in [0.1, 0.15) is 122 Å². The minimum Gasteiger partial charge on any atom is -0.457 e. The third kappa shape index (κ3) is 12.9. The van der Waals surface area contributed by atoms with Gasteiger partial charge in [-0.15, -0.1) is 0 Å². The van der Waals surface area contributed by atoms with Crippen molar-refractivity contribution in [2.45, 2.75) is 155 Å². The van der Waals surface area contributed by atoms with E-state index in [1.807, 2.05) is 39.0 Å². The van der Waals surface area contributed by atoms with Crippen LogP contribution in [0.4, 0.5) is 0 Å². The second-order valence-corrected chi connectivity index (χ2v) is 14.8. The molecule has 0 bridgehead atoms. The summed E-state index contributed by atoms with van der Waals surface area (Å²) in [5.74, 6) is -2.53. The van der Waals surface area contributed by atoms with Gasteiger partial charge in [0.15, 0.2) is 11.9 Å². The average molecular weight is 673 g/mol. The molecule has 0 unspecified atom stereocenters. The lowest BCUT2D eigenvalue weighted by Gasteiger charge is -2.45. The quantitative estimate of drug-likeness (QED) is 0.114. The third-order valence-electron chi connectivity index (χ3n) is 8.81. The van der Waals surface area contributed by atoms with E-state index in [0.717, 1.165) is 12.8 Å². The van der Waals surface area contributed by atoms with E-state index in [1.54, 1.807) is 32.1 Å². The van der Waals surface area contributed by atoms with Gasteiger partial charge in [0, 0.05) is 7.11 Å². The van der Waals surface area contributed by atoms with Gasteiger partial charge in [-0.3, -0.25) is 9.59 Å². The number of hydrogen-bond donors (Lipinski definition) is 3. The number of ether oxygens (including phenoxy) is 4. The van der Waals surface area contributed by atoms with Crippen molar-refractivity contribution in [3.05, 3.63) is 47.5 Å². The smallest absolute Gasteiger partial charge is 0.338 e. The number of amides is 2. The predicted octanol–water partition coefficient (Wildman–Crippen LogP) is 5.79. The molecule has 2 aliphatic rings. The minimum absolute atomic E-state index is 0.138. The van der Waals surface area contributed by atoms with E-state index < -0.39 is 54.2 Å². The van der Waals surface area contributed by atoms with Crippen molar-refractivity contribution in [1.82, 2.24) is 10.6 Å². The van der Waals surface area contributed by atoms with Crippen LogP contribution in [0.2, 0.25) is 0 Å². The maximum atomic E-state index is 13.4. The fourth-order valence-corrected chi connectivity index (χ4v) is 6.08. The van der Waals surface area contributed by atoms with Crippen molar-refractivity contribution in [2.24, 2.45) is 5.41 Å². The molecule has 3 rings (SSSR count). The van der Waals surface area contributed by atoms with Gasteiger partial charge in [-0.05, 0) is 62.6 Å². The molecule has 2 saturated heterocycles. The molecular weight excluding hydrogens is 612 g/mol. The average Bonchev–Trinajstić information content (AvgIpc) is 3.19. The minimum atomic E-state index is -1.21. The first-order valence-electron chi connectivity index (χ1n) is 17.9. The molecule has 48 heavy (non-hydrogen) atoms. The molecule has 2 heterocycles. The maximum absolute atomic E-state index is 13.4. The van der Waals surface area contributed by atoms with Crippen molar-refractivity contribution in [2.75, 3.05) is 13.7 Å². The Labute approximate surface area is 287 Å². The molecule has 1 aromatic rings. The molecule has 6 atom stereocenters. The summed E-state index contributed by atoms with van der Waals surface area (Å²) in [6.45, 7) is 11.9. The molecule has 0 aliphatic carbocycles. The number of unbranched alkanes of at least 4 members (excludes halogenated alkanes) is 7. The number of methoxy groups -OCH3 is 1. The summed E-state index contributed by atoms with van der Waals surface area (Å²) in [5.41, 5.74) is 1.52. The van der Waals surface area contributed by atoms with Crippen LogP contribution in [0.25, 0.3) is 0 Å². The lowest BCUT2D eigenvalue weighted by molar-refractivity contribution is -0.334. The highest BCUT2D eigenvalue weighted by molar-refractivity contribution is 5.91. The van der Waals surface area contributed by atoms with E-state index in [9.17, 15) is 19.5 Å². The van der Waals surface area contributed by atoms with Crippen LogP contribution >= 0.6 is 0 Å². The molecule has 0 radical (unpaired) electrons. The van der Waals surface area contributed by atoms with Gasteiger partial charge in [0.2, 0.25) is 5.91 Å². The summed E-state index contributed by atoms with van der Waals surface area (Å²) >= 11 is 0. The summed E-state index contributed by atoms with van der Waals surface area (Å²) < 4.78 is 23.2. The molecule has 2 amide bonds. The first kappa shape index (κ1) is 39.6. The van der Waals surface area contributed by atoms with Gasteiger partial charge in [-0.1, -0.05) is 96.9 Å². The second-order valence-electron chi connectivity index (χ2n) is 14.8. The molecule has 270 valence electrons. The van der Waals surface area contributed by atoms with Gasteiger partial charge in [-0.2, -0.15) is 0 Å². The zero-order valence-corrected chi connectivity index (χ0v) is 30.2. The van der Waals surface area contributed by atoms with Crippen LogP contribution in [-0.4, -0.2) is 78.9 Å². The van der Waals surface area contributed by atoms with Crippen LogP contribution in [-0.2, 0) is 35.0 Å². The first-order chi connectivity index (χ1) is 22.7. The van der Waals surface area contributed by atoms with Gasteiger partial charge in [0.25, 0.3) is 5.91 Å². The Morgan fingerprint density at radius 3 is 2.31 bits per heavy atom. The zero-order chi connectivity index (χ0) is 35.3.